The molecule has 0 unspecified atom stereocenters. The first-order valence-electron chi connectivity index (χ1n) is 9.05. The summed E-state index contributed by atoms with van der Waals surface area (Å²) in [5.41, 5.74) is 0.696. The van der Waals surface area contributed by atoms with E-state index in [9.17, 15) is 14.4 Å². The SMILES string of the molecule is O=C(Nc1cccc2ccccc12)Nc1c(C(=O)OC(=O)O)ccc2ccccc12. The minimum atomic E-state index is -1.72. The minimum absolute atomic E-state index is 0.0656. The van der Waals surface area contributed by atoms with Crippen LogP contribution in [0.1, 0.15) is 10.4 Å². The summed E-state index contributed by atoms with van der Waals surface area (Å²) in [6.07, 6.45) is -1.72. The summed E-state index contributed by atoms with van der Waals surface area (Å²) in [5, 5.41) is 17.4. The summed E-state index contributed by atoms with van der Waals surface area (Å²) >= 11 is 0. The fraction of sp³-hybridized carbons (Fsp3) is 0. The second kappa shape index (κ2) is 7.92. The van der Waals surface area contributed by atoms with Gasteiger partial charge >= 0.3 is 18.2 Å². The number of fused-ring (bicyclic) bond motifs is 2. The van der Waals surface area contributed by atoms with Crippen LogP contribution in [-0.4, -0.2) is 23.3 Å². The van der Waals surface area contributed by atoms with E-state index in [0.29, 0.717) is 11.1 Å². The van der Waals surface area contributed by atoms with Gasteiger partial charge in [-0.05, 0) is 22.9 Å². The van der Waals surface area contributed by atoms with E-state index in [1.54, 1.807) is 24.3 Å². The quantitative estimate of drug-likeness (QED) is 0.312. The van der Waals surface area contributed by atoms with Crippen LogP contribution in [0.25, 0.3) is 21.5 Å². The van der Waals surface area contributed by atoms with E-state index in [1.807, 2.05) is 48.5 Å². The smallest absolute Gasteiger partial charge is 0.449 e. The number of hydrogen-bond donors (Lipinski definition) is 3. The standard InChI is InChI=1S/C23H16N2O5/c26-21(30-23(28)29)18-13-12-15-7-2-4-10-17(15)20(18)25-22(27)24-19-11-5-8-14-6-1-3-9-16(14)19/h1-13H,(H,28,29)(H2,24,25,27). The molecule has 0 fully saturated rings. The highest BCUT2D eigenvalue weighted by molar-refractivity contribution is 6.15. The molecule has 4 rings (SSSR count). The van der Waals surface area contributed by atoms with Crippen LogP contribution >= 0.6 is 0 Å². The van der Waals surface area contributed by atoms with Gasteiger partial charge in [0.1, 0.15) is 0 Å². The fourth-order valence-corrected chi connectivity index (χ4v) is 3.31. The molecule has 0 bridgehead atoms. The second-order valence-corrected chi connectivity index (χ2v) is 6.47. The van der Waals surface area contributed by atoms with Crippen molar-refractivity contribution < 1.29 is 24.2 Å². The third-order valence-corrected chi connectivity index (χ3v) is 4.61. The topological polar surface area (TPSA) is 105 Å². The van der Waals surface area contributed by atoms with Crippen molar-refractivity contribution in [2.45, 2.75) is 0 Å². The molecule has 0 aliphatic rings. The zero-order chi connectivity index (χ0) is 21.1. The van der Waals surface area contributed by atoms with E-state index >= 15 is 0 Å². The summed E-state index contributed by atoms with van der Waals surface area (Å²) < 4.78 is 4.29. The minimum Gasteiger partial charge on any atom is -0.449 e. The van der Waals surface area contributed by atoms with Gasteiger partial charge in [-0.25, -0.2) is 14.4 Å². The van der Waals surface area contributed by atoms with Gasteiger partial charge in [-0.1, -0.05) is 66.7 Å². The van der Waals surface area contributed by atoms with E-state index < -0.39 is 18.2 Å². The Bertz CT molecular complexity index is 1290. The zero-order valence-corrected chi connectivity index (χ0v) is 15.6. The maximum absolute atomic E-state index is 12.8. The van der Waals surface area contributed by atoms with E-state index in [4.69, 9.17) is 5.11 Å². The summed E-state index contributed by atoms with van der Waals surface area (Å²) in [4.78, 5) is 35.8. The van der Waals surface area contributed by atoms with Crippen LogP contribution in [-0.2, 0) is 4.74 Å². The molecule has 7 nitrogen and oxygen atoms in total. The second-order valence-electron chi connectivity index (χ2n) is 6.47. The molecule has 2 amide bonds. The highest BCUT2D eigenvalue weighted by Crippen LogP contribution is 2.29. The largest absolute Gasteiger partial charge is 0.513 e. The summed E-state index contributed by atoms with van der Waals surface area (Å²) in [7, 11) is 0. The molecule has 7 heteroatoms. The third-order valence-electron chi connectivity index (χ3n) is 4.61. The lowest BCUT2D eigenvalue weighted by molar-refractivity contribution is 0.0510. The van der Waals surface area contributed by atoms with Gasteiger partial charge in [-0.2, -0.15) is 0 Å². The van der Waals surface area contributed by atoms with Crippen molar-refractivity contribution in [3.63, 3.8) is 0 Å². The molecule has 4 aromatic carbocycles. The Morgan fingerprint density at radius 1 is 0.700 bits per heavy atom. The van der Waals surface area contributed by atoms with Crippen LogP contribution < -0.4 is 10.6 Å². The number of hydrogen-bond acceptors (Lipinski definition) is 4. The Morgan fingerprint density at radius 3 is 2.07 bits per heavy atom. The molecule has 0 aromatic heterocycles. The molecule has 4 aromatic rings. The fourth-order valence-electron chi connectivity index (χ4n) is 3.31. The van der Waals surface area contributed by atoms with Gasteiger partial charge in [0.25, 0.3) is 0 Å². The summed E-state index contributed by atoms with van der Waals surface area (Å²) in [5.74, 6) is -1.08. The summed E-state index contributed by atoms with van der Waals surface area (Å²) in [6, 6.07) is 22.7. The van der Waals surface area contributed by atoms with E-state index in [1.165, 1.54) is 6.07 Å². The van der Waals surface area contributed by atoms with Crippen molar-refractivity contribution >= 4 is 51.1 Å². The van der Waals surface area contributed by atoms with Crippen LogP contribution in [0.2, 0.25) is 0 Å². The number of rotatable bonds is 3. The average Bonchev–Trinajstić information content (AvgIpc) is 2.73. The maximum atomic E-state index is 12.8. The van der Waals surface area contributed by atoms with Crippen molar-refractivity contribution in [2.75, 3.05) is 10.6 Å². The molecule has 0 radical (unpaired) electrons. The number of carboxylic acid groups (broad SMARTS) is 1. The van der Waals surface area contributed by atoms with Gasteiger partial charge < -0.3 is 20.5 Å². The maximum Gasteiger partial charge on any atom is 0.513 e. The first-order valence-corrected chi connectivity index (χ1v) is 9.05. The number of nitrogens with one attached hydrogen (secondary N) is 2. The molecule has 0 aliphatic carbocycles. The molecule has 30 heavy (non-hydrogen) atoms. The Kier molecular flexibility index (Phi) is 5.00. The van der Waals surface area contributed by atoms with E-state index in [0.717, 1.165) is 16.2 Å². The van der Waals surface area contributed by atoms with Gasteiger partial charge in [-0.3, -0.25) is 0 Å². The Labute approximate surface area is 170 Å². The normalized spacial score (nSPS) is 10.5. The molecule has 0 spiro atoms. The molecular weight excluding hydrogens is 384 g/mol. The van der Waals surface area contributed by atoms with Crippen LogP contribution in [0.4, 0.5) is 21.0 Å². The molecule has 0 heterocycles. The molecule has 0 saturated heterocycles. The van der Waals surface area contributed by atoms with Crippen molar-refractivity contribution in [3.8, 4) is 0 Å². The Hall–Kier alpha value is -4.39. The number of esters is 1. The van der Waals surface area contributed by atoms with Gasteiger partial charge in [0.2, 0.25) is 0 Å². The Balaban J connectivity index is 1.70. The van der Waals surface area contributed by atoms with Crippen molar-refractivity contribution in [1.82, 2.24) is 0 Å². The van der Waals surface area contributed by atoms with Crippen molar-refractivity contribution in [3.05, 3.63) is 84.4 Å². The monoisotopic (exact) mass is 400 g/mol. The van der Waals surface area contributed by atoms with Gasteiger partial charge in [0.05, 0.1) is 16.9 Å². The molecule has 0 saturated carbocycles. The number of carbonyl (C=O) groups is 3. The lowest BCUT2D eigenvalue weighted by atomic mass is 10.0. The van der Waals surface area contributed by atoms with Crippen LogP contribution in [0.3, 0.4) is 0 Å². The lowest BCUT2D eigenvalue weighted by Gasteiger charge is -2.14. The molecule has 0 atom stereocenters. The van der Waals surface area contributed by atoms with Gasteiger partial charge in [0, 0.05) is 10.8 Å². The van der Waals surface area contributed by atoms with E-state index in [-0.39, 0.29) is 11.3 Å². The van der Waals surface area contributed by atoms with Crippen molar-refractivity contribution in [2.24, 2.45) is 0 Å². The highest BCUT2D eigenvalue weighted by atomic mass is 16.7. The first-order chi connectivity index (χ1) is 14.5. The molecule has 148 valence electrons. The highest BCUT2D eigenvalue weighted by Gasteiger charge is 2.20. The Morgan fingerprint density at radius 2 is 1.33 bits per heavy atom. The number of anilines is 2. The molecule has 0 aliphatic heterocycles. The predicted octanol–water partition coefficient (Wildman–Crippen LogP) is 5.47. The predicted molar refractivity (Wildman–Crippen MR) is 114 cm³/mol. The molecular formula is C23H16N2O5. The number of carbonyl (C=O) groups excluding carboxylic acids is 2. The number of urea groups is 1. The van der Waals surface area contributed by atoms with Crippen LogP contribution in [0.15, 0.2) is 78.9 Å². The summed E-state index contributed by atoms with van der Waals surface area (Å²) in [6.45, 7) is 0. The van der Waals surface area contributed by atoms with Crippen LogP contribution in [0.5, 0.6) is 0 Å². The van der Waals surface area contributed by atoms with Crippen LogP contribution in [0, 0.1) is 0 Å². The average molecular weight is 400 g/mol. The number of benzene rings is 4. The zero-order valence-electron chi connectivity index (χ0n) is 15.6. The number of amides is 2. The van der Waals surface area contributed by atoms with Gasteiger partial charge in [0.15, 0.2) is 0 Å². The van der Waals surface area contributed by atoms with Crippen molar-refractivity contribution in [1.29, 1.82) is 0 Å². The number of ether oxygens (including phenoxy) is 1. The molecule has 3 N–H and O–H groups in total. The van der Waals surface area contributed by atoms with E-state index in [2.05, 4.69) is 15.4 Å². The first kappa shape index (κ1) is 18.9. The van der Waals surface area contributed by atoms with Gasteiger partial charge in [-0.15, -0.1) is 0 Å². The third kappa shape index (κ3) is 3.77. The lowest BCUT2D eigenvalue weighted by Crippen LogP contribution is -2.22.